The van der Waals surface area contributed by atoms with Crippen LogP contribution in [0.25, 0.3) is 0 Å². The van der Waals surface area contributed by atoms with Gasteiger partial charge in [-0.25, -0.2) is 5.10 Å². The van der Waals surface area contributed by atoms with Crippen LogP contribution in [0.4, 0.5) is 5.69 Å². The zero-order valence-electron chi connectivity index (χ0n) is 9.82. The summed E-state index contributed by atoms with van der Waals surface area (Å²) in [5, 5.41) is 6.33. The largest absolute Gasteiger partial charge is 0.368 e. The highest BCUT2D eigenvalue weighted by Gasteiger charge is 2.26. The van der Waals surface area contributed by atoms with Gasteiger partial charge in [-0.15, -0.1) is 0 Å². The fourth-order valence-electron chi connectivity index (χ4n) is 2.30. The minimum atomic E-state index is -0.341. The van der Waals surface area contributed by atoms with Crippen molar-refractivity contribution >= 4 is 17.3 Å². The highest BCUT2D eigenvalue weighted by atomic mass is 35.5. The van der Waals surface area contributed by atoms with Crippen molar-refractivity contribution in [3.63, 3.8) is 0 Å². The zero-order valence-corrected chi connectivity index (χ0v) is 10.6. The molecule has 94 valence electrons. The van der Waals surface area contributed by atoms with Gasteiger partial charge in [0.25, 0.3) is 5.56 Å². The molecule has 0 bridgehead atoms. The normalized spacial score (nSPS) is 25.0. The number of anilines is 1. The molecule has 5 nitrogen and oxygen atoms in total. The average Bonchev–Trinajstić information content (AvgIpc) is 2.34. The molecule has 0 spiro atoms. The van der Waals surface area contributed by atoms with Gasteiger partial charge in [0.15, 0.2) is 0 Å². The number of nitrogens with one attached hydrogen (secondary N) is 1. The lowest BCUT2D eigenvalue weighted by Gasteiger charge is -2.37. The molecule has 0 aliphatic carbocycles. The molecule has 2 atom stereocenters. The predicted octanol–water partition coefficient (Wildman–Crippen LogP) is 0.987. The van der Waals surface area contributed by atoms with Crippen LogP contribution in [0.2, 0.25) is 5.02 Å². The zero-order chi connectivity index (χ0) is 12.4. The van der Waals surface area contributed by atoms with E-state index in [9.17, 15) is 4.79 Å². The molecule has 1 aliphatic rings. The molecule has 0 saturated carbocycles. The first kappa shape index (κ1) is 12.4. The number of H-pyrrole nitrogens is 1. The van der Waals surface area contributed by atoms with Crippen molar-refractivity contribution in [2.45, 2.75) is 25.8 Å². The Hall–Kier alpha value is -1.07. The summed E-state index contributed by atoms with van der Waals surface area (Å²) in [6.45, 7) is 3.79. The molecule has 2 heterocycles. The number of rotatable bonds is 2. The van der Waals surface area contributed by atoms with Crippen LogP contribution < -0.4 is 16.2 Å². The van der Waals surface area contributed by atoms with Crippen LogP contribution >= 0.6 is 11.6 Å². The van der Waals surface area contributed by atoms with Gasteiger partial charge >= 0.3 is 0 Å². The first-order valence-electron chi connectivity index (χ1n) is 5.87. The molecule has 2 unspecified atom stereocenters. The Balaban J connectivity index is 2.23. The van der Waals surface area contributed by atoms with Crippen molar-refractivity contribution in [1.82, 2.24) is 10.2 Å². The molecule has 0 aromatic carbocycles. The third kappa shape index (κ3) is 2.45. The lowest BCUT2D eigenvalue weighted by atomic mass is 9.90. The highest BCUT2D eigenvalue weighted by Crippen LogP contribution is 2.27. The second-order valence-corrected chi connectivity index (χ2v) is 4.84. The van der Waals surface area contributed by atoms with Crippen LogP contribution in [0.3, 0.4) is 0 Å². The second-order valence-electron chi connectivity index (χ2n) is 4.47. The lowest BCUT2D eigenvalue weighted by Crippen LogP contribution is -2.47. The van der Waals surface area contributed by atoms with Crippen molar-refractivity contribution in [3.05, 3.63) is 21.6 Å². The molecular formula is C11H17ClN4O. The maximum Gasteiger partial charge on any atom is 0.285 e. The maximum atomic E-state index is 11.4. The molecule has 1 aromatic rings. The van der Waals surface area contributed by atoms with Crippen LogP contribution in [-0.2, 0) is 0 Å². The molecule has 3 N–H and O–H groups in total. The topological polar surface area (TPSA) is 75.0 Å². The van der Waals surface area contributed by atoms with Gasteiger partial charge in [-0.05, 0) is 12.3 Å². The van der Waals surface area contributed by atoms with Crippen molar-refractivity contribution in [2.75, 3.05) is 18.0 Å². The maximum absolute atomic E-state index is 11.4. The molecule has 0 amide bonds. The fourth-order valence-corrected chi connectivity index (χ4v) is 2.51. The summed E-state index contributed by atoms with van der Waals surface area (Å²) in [5.74, 6) is 0.444. The number of nitrogens with two attached hydrogens (primary N) is 1. The van der Waals surface area contributed by atoms with Gasteiger partial charge in [-0.3, -0.25) is 4.79 Å². The Kier molecular flexibility index (Phi) is 3.69. The van der Waals surface area contributed by atoms with E-state index in [1.807, 2.05) is 0 Å². The quantitative estimate of drug-likeness (QED) is 0.827. The van der Waals surface area contributed by atoms with E-state index in [2.05, 4.69) is 22.0 Å². The van der Waals surface area contributed by atoms with Gasteiger partial charge < -0.3 is 10.6 Å². The van der Waals surface area contributed by atoms with Gasteiger partial charge in [0, 0.05) is 19.1 Å². The van der Waals surface area contributed by atoms with E-state index in [0.29, 0.717) is 11.6 Å². The van der Waals surface area contributed by atoms with E-state index >= 15 is 0 Å². The fraction of sp³-hybridized carbons (Fsp3) is 0.636. The SMILES string of the molecule is CCC1CN(c2cn[nH]c(=O)c2Cl)CCC1N. The molecule has 6 heteroatoms. The van der Waals surface area contributed by atoms with E-state index in [0.717, 1.165) is 25.9 Å². The minimum absolute atomic E-state index is 0.213. The molecule has 1 saturated heterocycles. The van der Waals surface area contributed by atoms with Gasteiger partial charge in [0.1, 0.15) is 5.02 Å². The lowest BCUT2D eigenvalue weighted by molar-refractivity contribution is 0.348. The summed E-state index contributed by atoms with van der Waals surface area (Å²) < 4.78 is 0. The van der Waals surface area contributed by atoms with Crippen LogP contribution in [0.1, 0.15) is 19.8 Å². The number of aromatic nitrogens is 2. The summed E-state index contributed by atoms with van der Waals surface area (Å²) in [4.78, 5) is 13.5. The first-order chi connectivity index (χ1) is 8.13. The van der Waals surface area contributed by atoms with Crippen LogP contribution in [0.5, 0.6) is 0 Å². The first-order valence-corrected chi connectivity index (χ1v) is 6.25. The Labute approximate surface area is 105 Å². The smallest absolute Gasteiger partial charge is 0.285 e. The number of halogens is 1. The third-order valence-corrected chi connectivity index (χ3v) is 3.80. The number of hydrogen-bond donors (Lipinski definition) is 2. The number of piperidine rings is 1. The highest BCUT2D eigenvalue weighted by molar-refractivity contribution is 6.32. The number of nitrogens with zero attached hydrogens (tertiary/aromatic N) is 2. The minimum Gasteiger partial charge on any atom is -0.368 e. The van der Waals surface area contributed by atoms with Crippen molar-refractivity contribution in [1.29, 1.82) is 0 Å². The van der Waals surface area contributed by atoms with Crippen LogP contribution in [0, 0.1) is 5.92 Å². The van der Waals surface area contributed by atoms with Crippen molar-refractivity contribution in [3.8, 4) is 0 Å². The molecule has 2 rings (SSSR count). The monoisotopic (exact) mass is 256 g/mol. The van der Waals surface area contributed by atoms with E-state index in [1.165, 1.54) is 0 Å². The van der Waals surface area contributed by atoms with Gasteiger partial charge in [-0.2, -0.15) is 5.10 Å². The Morgan fingerprint density at radius 1 is 1.71 bits per heavy atom. The average molecular weight is 257 g/mol. The number of aromatic amines is 1. The summed E-state index contributed by atoms with van der Waals surface area (Å²) in [5.41, 5.74) is 6.42. The summed E-state index contributed by atoms with van der Waals surface area (Å²) in [7, 11) is 0. The molecule has 1 aromatic heterocycles. The van der Waals surface area contributed by atoms with E-state index in [-0.39, 0.29) is 16.6 Å². The number of hydrogen-bond acceptors (Lipinski definition) is 4. The van der Waals surface area contributed by atoms with E-state index in [1.54, 1.807) is 6.20 Å². The van der Waals surface area contributed by atoms with Crippen molar-refractivity contribution < 1.29 is 0 Å². The molecule has 0 radical (unpaired) electrons. The Bertz CT molecular complexity index is 447. The molecule has 1 aliphatic heterocycles. The predicted molar refractivity (Wildman–Crippen MR) is 68.5 cm³/mol. The molecular weight excluding hydrogens is 240 g/mol. The van der Waals surface area contributed by atoms with Gasteiger partial charge in [0.05, 0.1) is 11.9 Å². The van der Waals surface area contributed by atoms with Gasteiger partial charge in [0.2, 0.25) is 0 Å². The van der Waals surface area contributed by atoms with Crippen molar-refractivity contribution in [2.24, 2.45) is 11.7 Å². The summed E-state index contributed by atoms with van der Waals surface area (Å²) in [6, 6.07) is 0.241. The summed E-state index contributed by atoms with van der Waals surface area (Å²) in [6.07, 6.45) is 3.56. The van der Waals surface area contributed by atoms with E-state index < -0.39 is 0 Å². The second kappa shape index (κ2) is 5.06. The molecule has 1 fully saturated rings. The van der Waals surface area contributed by atoms with Crippen LogP contribution in [-0.4, -0.2) is 29.3 Å². The Morgan fingerprint density at radius 3 is 3.18 bits per heavy atom. The van der Waals surface area contributed by atoms with Gasteiger partial charge in [-0.1, -0.05) is 24.9 Å². The standard InChI is InChI=1S/C11H17ClN4O/c1-2-7-6-16(4-3-8(7)13)9-5-14-15-11(17)10(9)12/h5,7-8H,2-4,6,13H2,1H3,(H,15,17). The van der Waals surface area contributed by atoms with E-state index in [4.69, 9.17) is 17.3 Å². The molecule has 17 heavy (non-hydrogen) atoms. The van der Waals surface area contributed by atoms with Crippen LogP contribution in [0.15, 0.2) is 11.0 Å². The summed E-state index contributed by atoms with van der Waals surface area (Å²) >= 11 is 6.00. The third-order valence-electron chi connectivity index (χ3n) is 3.43. The Morgan fingerprint density at radius 2 is 2.47 bits per heavy atom.